The SMILES string of the molecule is CC(C)(C)OC(=O)N1CCC(N2CC(S(N)(=O)=O)CC2=O)C(C)(C)C1. The third-order valence-electron chi connectivity index (χ3n) is 4.79. The first kappa shape index (κ1) is 20.0. The quantitative estimate of drug-likeness (QED) is 0.771. The number of carbonyl (C=O) groups excluding carboxylic acids is 2. The van der Waals surface area contributed by atoms with Crippen molar-refractivity contribution in [2.24, 2.45) is 10.6 Å². The van der Waals surface area contributed by atoms with Crippen molar-refractivity contribution in [3.05, 3.63) is 0 Å². The lowest BCUT2D eigenvalue weighted by molar-refractivity contribution is -0.133. The summed E-state index contributed by atoms with van der Waals surface area (Å²) in [6.07, 6.45) is 0.144. The largest absolute Gasteiger partial charge is 0.444 e. The first-order chi connectivity index (χ1) is 11.2. The highest BCUT2D eigenvalue weighted by molar-refractivity contribution is 7.89. The van der Waals surface area contributed by atoms with Crippen LogP contribution in [0.5, 0.6) is 0 Å². The summed E-state index contributed by atoms with van der Waals surface area (Å²) in [5.41, 5.74) is -0.941. The average Bonchev–Trinajstić information content (AvgIpc) is 2.77. The molecule has 0 spiro atoms. The van der Waals surface area contributed by atoms with Crippen LogP contribution in [0.15, 0.2) is 0 Å². The van der Waals surface area contributed by atoms with E-state index in [1.54, 1.807) is 9.80 Å². The molecule has 2 N–H and O–H groups in total. The normalized spacial score (nSPS) is 27.5. The van der Waals surface area contributed by atoms with Crippen molar-refractivity contribution in [1.82, 2.24) is 9.80 Å². The number of hydrogen-bond acceptors (Lipinski definition) is 5. The molecule has 0 bridgehead atoms. The van der Waals surface area contributed by atoms with Crippen LogP contribution in [0.3, 0.4) is 0 Å². The molecule has 2 atom stereocenters. The Balaban J connectivity index is 2.09. The number of piperidine rings is 1. The van der Waals surface area contributed by atoms with Gasteiger partial charge in [0.15, 0.2) is 0 Å². The number of rotatable bonds is 2. The Morgan fingerprint density at radius 3 is 2.36 bits per heavy atom. The highest BCUT2D eigenvalue weighted by atomic mass is 32.2. The number of carbonyl (C=O) groups is 2. The van der Waals surface area contributed by atoms with E-state index >= 15 is 0 Å². The van der Waals surface area contributed by atoms with E-state index in [9.17, 15) is 18.0 Å². The van der Waals surface area contributed by atoms with E-state index in [2.05, 4.69) is 0 Å². The fourth-order valence-electron chi connectivity index (χ4n) is 3.62. The van der Waals surface area contributed by atoms with E-state index in [-0.39, 0.29) is 36.4 Å². The lowest BCUT2D eigenvalue weighted by atomic mass is 9.78. The highest BCUT2D eigenvalue weighted by Crippen LogP contribution is 2.36. The predicted molar refractivity (Wildman–Crippen MR) is 93.2 cm³/mol. The molecule has 0 aliphatic carbocycles. The summed E-state index contributed by atoms with van der Waals surface area (Å²) in [7, 11) is -3.74. The first-order valence-electron chi connectivity index (χ1n) is 8.50. The number of ether oxygens (including phenoxy) is 1. The molecular formula is C16H29N3O5S. The van der Waals surface area contributed by atoms with Crippen LogP contribution >= 0.6 is 0 Å². The molecule has 8 nitrogen and oxygen atoms in total. The van der Waals surface area contributed by atoms with Crippen molar-refractivity contribution < 1.29 is 22.7 Å². The topological polar surface area (TPSA) is 110 Å². The average molecular weight is 375 g/mol. The van der Waals surface area contributed by atoms with Crippen LogP contribution < -0.4 is 5.14 Å². The van der Waals surface area contributed by atoms with Gasteiger partial charge < -0.3 is 14.5 Å². The van der Waals surface area contributed by atoms with E-state index in [1.165, 1.54) is 0 Å². The fraction of sp³-hybridized carbons (Fsp3) is 0.875. The number of hydrogen-bond donors (Lipinski definition) is 1. The minimum Gasteiger partial charge on any atom is -0.444 e. The van der Waals surface area contributed by atoms with Gasteiger partial charge in [-0.1, -0.05) is 13.8 Å². The van der Waals surface area contributed by atoms with Crippen LogP contribution in [0.25, 0.3) is 0 Å². The fourth-order valence-corrected chi connectivity index (χ4v) is 4.37. The van der Waals surface area contributed by atoms with Gasteiger partial charge in [0.1, 0.15) is 10.9 Å². The third kappa shape index (κ3) is 4.63. The Morgan fingerprint density at radius 1 is 1.32 bits per heavy atom. The molecule has 2 saturated heterocycles. The molecule has 2 rings (SSSR count). The number of nitrogens with two attached hydrogens (primary N) is 1. The Hall–Kier alpha value is -1.35. The van der Waals surface area contributed by atoms with Crippen molar-refractivity contribution >= 4 is 22.0 Å². The molecule has 2 unspecified atom stereocenters. The first-order valence-corrected chi connectivity index (χ1v) is 10.1. The van der Waals surface area contributed by atoms with Crippen LogP contribution in [0.2, 0.25) is 0 Å². The summed E-state index contributed by atoms with van der Waals surface area (Å²) in [6, 6.07) is -0.134. The molecular weight excluding hydrogens is 346 g/mol. The van der Waals surface area contributed by atoms with Gasteiger partial charge in [-0.25, -0.2) is 18.4 Å². The van der Waals surface area contributed by atoms with Gasteiger partial charge >= 0.3 is 6.09 Å². The van der Waals surface area contributed by atoms with Crippen LogP contribution in [0.1, 0.15) is 47.5 Å². The third-order valence-corrected chi connectivity index (χ3v) is 6.03. The van der Waals surface area contributed by atoms with Crippen molar-refractivity contribution in [3.63, 3.8) is 0 Å². The van der Waals surface area contributed by atoms with Gasteiger partial charge in [0, 0.05) is 37.5 Å². The molecule has 2 aliphatic rings. The summed E-state index contributed by atoms with van der Waals surface area (Å²) >= 11 is 0. The molecule has 2 aliphatic heterocycles. The summed E-state index contributed by atoms with van der Waals surface area (Å²) in [5, 5.41) is 4.36. The molecule has 9 heteroatoms. The molecule has 0 radical (unpaired) electrons. The van der Waals surface area contributed by atoms with Gasteiger partial charge in [-0.3, -0.25) is 4.79 Å². The Kier molecular flexibility index (Phi) is 5.13. The smallest absolute Gasteiger partial charge is 0.410 e. The lowest BCUT2D eigenvalue weighted by Crippen LogP contribution is -2.58. The zero-order chi connectivity index (χ0) is 19.2. The highest BCUT2D eigenvalue weighted by Gasteiger charge is 2.47. The molecule has 2 heterocycles. The Bertz CT molecular complexity index is 653. The molecule has 2 fully saturated rings. The maximum atomic E-state index is 12.3. The maximum Gasteiger partial charge on any atom is 0.410 e. The molecule has 2 amide bonds. The van der Waals surface area contributed by atoms with E-state index in [0.29, 0.717) is 19.5 Å². The van der Waals surface area contributed by atoms with Crippen LogP contribution in [-0.2, 0) is 19.6 Å². The summed E-state index contributed by atoms with van der Waals surface area (Å²) in [4.78, 5) is 27.9. The number of nitrogens with zero attached hydrogens (tertiary/aromatic N) is 2. The van der Waals surface area contributed by atoms with Gasteiger partial charge in [0.05, 0.1) is 0 Å². The Labute approximate surface area is 149 Å². The Morgan fingerprint density at radius 2 is 1.92 bits per heavy atom. The zero-order valence-corrected chi connectivity index (χ0v) is 16.4. The van der Waals surface area contributed by atoms with Crippen LogP contribution in [0.4, 0.5) is 4.79 Å². The maximum absolute atomic E-state index is 12.3. The van der Waals surface area contributed by atoms with Gasteiger partial charge in [-0.2, -0.15) is 0 Å². The van der Waals surface area contributed by atoms with Crippen molar-refractivity contribution in [3.8, 4) is 0 Å². The van der Waals surface area contributed by atoms with E-state index < -0.39 is 20.9 Å². The second kappa shape index (κ2) is 6.42. The minimum atomic E-state index is -3.74. The van der Waals surface area contributed by atoms with Crippen molar-refractivity contribution in [1.29, 1.82) is 0 Å². The molecule has 0 saturated carbocycles. The molecule has 0 aromatic carbocycles. The summed E-state index contributed by atoms with van der Waals surface area (Å²) < 4.78 is 28.6. The van der Waals surface area contributed by atoms with Crippen molar-refractivity contribution in [2.45, 2.75) is 64.4 Å². The zero-order valence-electron chi connectivity index (χ0n) is 15.6. The number of likely N-dealkylation sites (tertiary alicyclic amines) is 2. The van der Waals surface area contributed by atoms with Gasteiger partial charge in [-0.15, -0.1) is 0 Å². The second-order valence-corrected chi connectivity index (χ2v) is 10.5. The number of sulfonamides is 1. The molecule has 0 aromatic rings. The molecule has 0 aromatic heterocycles. The van der Waals surface area contributed by atoms with Gasteiger partial charge in [-0.05, 0) is 27.2 Å². The van der Waals surface area contributed by atoms with E-state index in [0.717, 1.165) is 0 Å². The summed E-state index contributed by atoms with van der Waals surface area (Å²) in [6.45, 7) is 10.4. The van der Waals surface area contributed by atoms with Crippen LogP contribution in [0, 0.1) is 5.41 Å². The monoisotopic (exact) mass is 375 g/mol. The number of primary sulfonamides is 1. The van der Waals surface area contributed by atoms with Gasteiger partial charge in [0.25, 0.3) is 0 Å². The predicted octanol–water partition coefficient (Wildman–Crippen LogP) is 0.911. The van der Waals surface area contributed by atoms with E-state index in [1.807, 2.05) is 34.6 Å². The summed E-state index contributed by atoms with van der Waals surface area (Å²) in [5.74, 6) is -0.192. The lowest BCUT2D eigenvalue weighted by Gasteiger charge is -2.47. The second-order valence-electron chi connectivity index (χ2n) is 8.66. The van der Waals surface area contributed by atoms with E-state index in [4.69, 9.17) is 9.88 Å². The van der Waals surface area contributed by atoms with Gasteiger partial charge in [0.2, 0.25) is 15.9 Å². The van der Waals surface area contributed by atoms with Crippen LogP contribution in [-0.4, -0.2) is 66.7 Å². The molecule has 144 valence electrons. The van der Waals surface area contributed by atoms with Crippen molar-refractivity contribution in [2.75, 3.05) is 19.6 Å². The number of amides is 2. The standard InChI is InChI=1S/C16H29N3O5S/c1-15(2,3)24-14(21)18-7-6-12(16(4,5)10-18)19-9-11(8-13(19)20)25(17,22)23/h11-12H,6-10H2,1-5H3,(H2,17,22,23). The molecule has 25 heavy (non-hydrogen) atoms. The minimum absolute atomic E-state index is 0.0683.